The van der Waals surface area contributed by atoms with Crippen molar-refractivity contribution in [1.82, 2.24) is 9.78 Å². The van der Waals surface area contributed by atoms with Crippen LogP contribution in [0, 0.1) is 6.92 Å². The van der Waals surface area contributed by atoms with Crippen LogP contribution in [0.1, 0.15) is 11.3 Å². The Bertz CT molecular complexity index is 217. The van der Waals surface area contributed by atoms with E-state index in [-0.39, 0.29) is 0 Å². The molecule has 0 N–H and O–H groups in total. The lowest BCUT2D eigenvalue weighted by Gasteiger charge is -1.95. The minimum atomic E-state index is 0.673. The summed E-state index contributed by atoms with van der Waals surface area (Å²) in [5.41, 5.74) is 2.46. The van der Waals surface area contributed by atoms with Gasteiger partial charge in [-0.3, -0.25) is 4.68 Å². The highest BCUT2D eigenvalue weighted by Gasteiger charge is 2.00. The number of rotatable bonds is 2. The zero-order valence-corrected chi connectivity index (χ0v) is 7.02. The van der Waals surface area contributed by atoms with Crippen LogP contribution in [0.25, 0.3) is 0 Å². The highest BCUT2D eigenvalue weighted by atomic mass is 35.5. The maximum Gasteiger partial charge on any atom is 0.0524 e. The predicted molar refractivity (Wildman–Crippen MR) is 42.4 cm³/mol. The Kier molecular flexibility index (Phi) is 2.33. The van der Waals surface area contributed by atoms with Crippen LogP contribution in [0.3, 0.4) is 0 Å². The molecule has 1 heterocycles. The third kappa shape index (κ3) is 1.32. The van der Waals surface area contributed by atoms with Crippen LogP contribution in [0.2, 0.25) is 0 Å². The van der Waals surface area contributed by atoms with E-state index in [4.69, 9.17) is 11.6 Å². The van der Waals surface area contributed by atoms with Gasteiger partial charge in [-0.25, -0.2) is 0 Å². The SMILES string of the molecule is Cc1c(CCCl)cnn1C. The first-order valence-corrected chi connectivity index (χ1v) is 3.82. The number of hydrogen-bond acceptors (Lipinski definition) is 1. The number of nitrogens with zero attached hydrogens (tertiary/aromatic N) is 2. The van der Waals surface area contributed by atoms with Gasteiger partial charge in [0.25, 0.3) is 0 Å². The average molecular weight is 159 g/mol. The standard InChI is InChI=1S/C7H11ClN2/c1-6-7(3-4-8)5-9-10(6)2/h5H,3-4H2,1-2H3. The zero-order valence-electron chi connectivity index (χ0n) is 6.26. The lowest BCUT2D eigenvalue weighted by atomic mass is 10.2. The van der Waals surface area contributed by atoms with Gasteiger partial charge in [-0.1, -0.05) is 0 Å². The first-order valence-electron chi connectivity index (χ1n) is 3.29. The van der Waals surface area contributed by atoms with Gasteiger partial charge in [0, 0.05) is 18.6 Å². The summed E-state index contributed by atoms with van der Waals surface area (Å²) in [6.07, 6.45) is 2.79. The van der Waals surface area contributed by atoms with Crippen LogP contribution in [-0.2, 0) is 13.5 Å². The van der Waals surface area contributed by atoms with Crippen LogP contribution in [-0.4, -0.2) is 15.7 Å². The Balaban J connectivity index is 2.83. The highest BCUT2D eigenvalue weighted by Crippen LogP contribution is 2.06. The van der Waals surface area contributed by atoms with E-state index in [1.807, 2.05) is 17.9 Å². The molecule has 0 aliphatic heterocycles. The topological polar surface area (TPSA) is 17.8 Å². The molecule has 10 heavy (non-hydrogen) atoms. The van der Waals surface area contributed by atoms with Gasteiger partial charge >= 0.3 is 0 Å². The van der Waals surface area contributed by atoms with E-state index in [0.29, 0.717) is 5.88 Å². The van der Waals surface area contributed by atoms with E-state index in [1.165, 1.54) is 11.3 Å². The van der Waals surface area contributed by atoms with Gasteiger partial charge in [-0.15, -0.1) is 11.6 Å². The van der Waals surface area contributed by atoms with Gasteiger partial charge in [-0.2, -0.15) is 5.10 Å². The molecular weight excluding hydrogens is 148 g/mol. The molecule has 0 aromatic carbocycles. The first-order chi connectivity index (χ1) is 4.75. The summed E-state index contributed by atoms with van der Waals surface area (Å²) >= 11 is 5.58. The minimum Gasteiger partial charge on any atom is -0.273 e. The summed E-state index contributed by atoms with van der Waals surface area (Å²) in [5.74, 6) is 0.673. The summed E-state index contributed by atoms with van der Waals surface area (Å²) in [5, 5.41) is 4.09. The molecule has 1 aromatic heterocycles. The Labute approximate surface area is 65.8 Å². The van der Waals surface area contributed by atoms with Gasteiger partial charge < -0.3 is 0 Å². The quantitative estimate of drug-likeness (QED) is 0.597. The molecule has 1 rings (SSSR count). The normalized spacial score (nSPS) is 10.3. The van der Waals surface area contributed by atoms with Crippen molar-refractivity contribution in [2.45, 2.75) is 13.3 Å². The molecule has 0 radical (unpaired) electrons. The summed E-state index contributed by atoms with van der Waals surface area (Å²) in [4.78, 5) is 0. The summed E-state index contributed by atoms with van der Waals surface area (Å²) in [6, 6.07) is 0. The molecule has 0 saturated heterocycles. The average Bonchev–Trinajstić information content (AvgIpc) is 2.20. The van der Waals surface area contributed by atoms with E-state index in [2.05, 4.69) is 12.0 Å². The van der Waals surface area contributed by atoms with Crippen molar-refractivity contribution >= 4 is 11.6 Å². The van der Waals surface area contributed by atoms with Crippen LogP contribution in [0.15, 0.2) is 6.20 Å². The molecule has 0 fully saturated rings. The summed E-state index contributed by atoms with van der Waals surface area (Å²) in [7, 11) is 1.94. The number of alkyl halides is 1. The fourth-order valence-electron chi connectivity index (χ4n) is 0.891. The molecular formula is C7H11ClN2. The van der Waals surface area contributed by atoms with E-state index in [1.54, 1.807) is 0 Å². The maximum absolute atomic E-state index is 5.58. The largest absolute Gasteiger partial charge is 0.273 e. The lowest BCUT2D eigenvalue weighted by molar-refractivity contribution is 0.738. The van der Waals surface area contributed by atoms with Crippen molar-refractivity contribution in [3.63, 3.8) is 0 Å². The van der Waals surface area contributed by atoms with Crippen molar-refractivity contribution in [2.24, 2.45) is 7.05 Å². The molecule has 56 valence electrons. The predicted octanol–water partition coefficient (Wildman–Crippen LogP) is 1.51. The van der Waals surface area contributed by atoms with Crippen LogP contribution in [0.5, 0.6) is 0 Å². The molecule has 1 aromatic rings. The Morgan fingerprint density at radius 1 is 1.70 bits per heavy atom. The van der Waals surface area contributed by atoms with Gasteiger partial charge in [0.15, 0.2) is 0 Å². The van der Waals surface area contributed by atoms with E-state index in [9.17, 15) is 0 Å². The number of hydrogen-bond donors (Lipinski definition) is 0. The van der Waals surface area contributed by atoms with Gasteiger partial charge in [-0.05, 0) is 18.9 Å². The van der Waals surface area contributed by atoms with Gasteiger partial charge in [0.2, 0.25) is 0 Å². The fourth-order valence-corrected chi connectivity index (χ4v) is 1.09. The smallest absolute Gasteiger partial charge is 0.0524 e. The molecule has 0 unspecified atom stereocenters. The lowest BCUT2D eigenvalue weighted by Crippen LogP contribution is -1.94. The van der Waals surface area contributed by atoms with Crippen molar-refractivity contribution < 1.29 is 0 Å². The Hall–Kier alpha value is -0.500. The summed E-state index contributed by atoms with van der Waals surface area (Å²) < 4.78 is 1.86. The molecule has 0 aliphatic rings. The monoisotopic (exact) mass is 158 g/mol. The third-order valence-corrected chi connectivity index (χ3v) is 1.89. The highest BCUT2D eigenvalue weighted by molar-refractivity contribution is 6.17. The fraction of sp³-hybridized carbons (Fsp3) is 0.571. The van der Waals surface area contributed by atoms with E-state index in [0.717, 1.165) is 6.42 Å². The second kappa shape index (κ2) is 3.06. The second-order valence-corrected chi connectivity index (χ2v) is 2.70. The number of aryl methyl sites for hydroxylation is 2. The van der Waals surface area contributed by atoms with E-state index < -0.39 is 0 Å². The second-order valence-electron chi connectivity index (χ2n) is 2.32. The number of halogens is 1. The molecule has 0 bridgehead atoms. The molecule has 0 amide bonds. The molecule has 0 aliphatic carbocycles. The van der Waals surface area contributed by atoms with Gasteiger partial charge in [0.05, 0.1) is 6.20 Å². The molecule has 0 spiro atoms. The first kappa shape index (κ1) is 7.61. The Morgan fingerprint density at radius 3 is 2.80 bits per heavy atom. The van der Waals surface area contributed by atoms with Crippen molar-refractivity contribution in [3.8, 4) is 0 Å². The van der Waals surface area contributed by atoms with Gasteiger partial charge in [0.1, 0.15) is 0 Å². The van der Waals surface area contributed by atoms with Crippen LogP contribution in [0.4, 0.5) is 0 Å². The van der Waals surface area contributed by atoms with Crippen molar-refractivity contribution in [3.05, 3.63) is 17.5 Å². The third-order valence-electron chi connectivity index (χ3n) is 1.70. The van der Waals surface area contributed by atoms with Crippen molar-refractivity contribution in [2.75, 3.05) is 5.88 Å². The Morgan fingerprint density at radius 2 is 2.40 bits per heavy atom. The summed E-state index contributed by atoms with van der Waals surface area (Å²) in [6.45, 7) is 2.05. The maximum atomic E-state index is 5.58. The van der Waals surface area contributed by atoms with Crippen LogP contribution < -0.4 is 0 Å². The number of aromatic nitrogens is 2. The molecule has 0 saturated carbocycles. The molecule has 3 heteroatoms. The van der Waals surface area contributed by atoms with E-state index >= 15 is 0 Å². The van der Waals surface area contributed by atoms with Crippen molar-refractivity contribution in [1.29, 1.82) is 0 Å². The van der Waals surface area contributed by atoms with Crippen LogP contribution >= 0.6 is 11.6 Å². The molecule has 0 atom stereocenters. The minimum absolute atomic E-state index is 0.673. The molecule has 2 nitrogen and oxygen atoms in total. The zero-order chi connectivity index (χ0) is 7.56.